The minimum absolute atomic E-state index is 0.602. The lowest BCUT2D eigenvalue weighted by atomic mass is 10.2. The molecule has 0 unspecified atom stereocenters. The van der Waals surface area contributed by atoms with E-state index >= 15 is 0 Å². The van der Waals surface area contributed by atoms with Gasteiger partial charge in [0.25, 0.3) is 0 Å². The van der Waals surface area contributed by atoms with Crippen molar-refractivity contribution in [3.05, 3.63) is 17.7 Å². The zero-order valence-electron chi connectivity index (χ0n) is 9.40. The molecule has 4 nitrogen and oxygen atoms in total. The Balaban J connectivity index is 2.13. The van der Waals surface area contributed by atoms with Crippen LogP contribution in [-0.4, -0.2) is 27.9 Å². The van der Waals surface area contributed by atoms with Crippen LogP contribution < -0.4 is 5.32 Å². The molecule has 0 spiro atoms. The van der Waals surface area contributed by atoms with Gasteiger partial charge in [-0.3, -0.25) is 0 Å². The second-order valence-corrected chi connectivity index (χ2v) is 4.42. The minimum Gasteiger partial charge on any atom is -0.313 e. The van der Waals surface area contributed by atoms with E-state index in [1.54, 1.807) is 6.33 Å². The predicted octanol–water partition coefficient (Wildman–Crippen LogP) is 1.31. The molecule has 1 aliphatic rings. The average molecular weight is 206 g/mol. The van der Waals surface area contributed by atoms with Crippen molar-refractivity contribution in [2.45, 2.75) is 26.8 Å². The van der Waals surface area contributed by atoms with E-state index in [4.69, 9.17) is 0 Å². The highest BCUT2D eigenvalue weighted by atomic mass is 15.3. The highest BCUT2D eigenvalue weighted by Gasteiger charge is 2.08. The fraction of sp³-hybridized carbons (Fsp3) is 0.636. The predicted molar refractivity (Wildman–Crippen MR) is 60.3 cm³/mol. The summed E-state index contributed by atoms with van der Waals surface area (Å²) in [5.74, 6) is 1.59. The first-order valence-corrected chi connectivity index (χ1v) is 5.53. The van der Waals surface area contributed by atoms with Crippen LogP contribution in [0.5, 0.6) is 0 Å². The summed E-state index contributed by atoms with van der Waals surface area (Å²) in [5, 5.41) is 7.56. The van der Waals surface area contributed by atoms with E-state index in [1.807, 2.05) is 4.68 Å². The molecule has 0 amide bonds. The lowest BCUT2D eigenvalue weighted by molar-refractivity contribution is 0.479. The highest BCUT2D eigenvalue weighted by Crippen LogP contribution is 2.11. The zero-order chi connectivity index (χ0) is 10.7. The van der Waals surface area contributed by atoms with E-state index in [0.29, 0.717) is 5.92 Å². The van der Waals surface area contributed by atoms with Crippen molar-refractivity contribution >= 4 is 6.08 Å². The highest BCUT2D eigenvalue weighted by molar-refractivity contribution is 5.46. The van der Waals surface area contributed by atoms with Crippen molar-refractivity contribution in [1.82, 2.24) is 20.1 Å². The van der Waals surface area contributed by atoms with Crippen LogP contribution in [0.4, 0.5) is 0 Å². The summed E-state index contributed by atoms with van der Waals surface area (Å²) < 4.78 is 1.98. The van der Waals surface area contributed by atoms with Gasteiger partial charge >= 0.3 is 0 Å². The Morgan fingerprint density at radius 2 is 2.47 bits per heavy atom. The molecule has 82 valence electrons. The summed E-state index contributed by atoms with van der Waals surface area (Å²) in [4.78, 5) is 4.28. The Labute approximate surface area is 90.4 Å². The number of hydrogen-bond donors (Lipinski definition) is 1. The van der Waals surface area contributed by atoms with Gasteiger partial charge < -0.3 is 5.32 Å². The van der Waals surface area contributed by atoms with Crippen molar-refractivity contribution in [2.24, 2.45) is 5.92 Å². The van der Waals surface area contributed by atoms with Gasteiger partial charge in [0.2, 0.25) is 0 Å². The standard InChI is InChI=1S/C11H18N4/c1-9(2)7-15-11(13-8-14-15)5-10-3-4-12-6-10/h5,8-9,12H,3-4,6-7H2,1-2H3. The molecule has 4 heteroatoms. The molecule has 0 atom stereocenters. The fourth-order valence-corrected chi connectivity index (χ4v) is 1.76. The van der Waals surface area contributed by atoms with Crippen molar-refractivity contribution in [2.75, 3.05) is 13.1 Å². The van der Waals surface area contributed by atoms with Gasteiger partial charge in [0.05, 0.1) is 0 Å². The Bertz CT molecular complexity index is 343. The molecule has 0 radical (unpaired) electrons. The van der Waals surface area contributed by atoms with E-state index in [2.05, 4.69) is 35.3 Å². The first kappa shape index (κ1) is 10.4. The minimum atomic E-state index is 0.602. The Morgan fingerprint density at radius 1 is 1.60 bits per heavy atom. The van der Waals surface area contributed by atoms with Gasteiger partial charge in [0, 0.05) is 13.1 Å². The van der Waals surface area contributed by atoms with Gasteiger partial charge in [0.15, 0.2) is 5.82 Å². The van der Waals surface area contributed by atoms with E-state index in [1.165, 1.54) is 5.57 Å². The van der Waals surface area contributed by atoms with E-state index in [0.717, 1.165) is 31.9 Å². The quantitative estimate of drug-likeness (QED) is 0.811. The second-order valence-electron chi connectivity index (χ2n) is 4.42. The van der Waals surface area contributed by atoms with Crippen LogP contribution in [0, 0.1) is 5.92 Å². The van der Waals surface area contributed by atoms with E-state index in [-0.39, 0.29) is 0 Å². The van der Waals surface area contributed by atoms with Crippen LogP contribution in [0.15, 0.2) is 11.9 Å². The third-order valence-electron chi connectivity index (χ3n) is 2.49. The lowest BCUT2D eigenvalue weighted by Crippen LogP contribution is -2.08. The maximum absolute atomic E-state index is 4.28. The van der Waals surface area contributed by atoms with E-state index in [9.17, 15) is 0 Å². The van der Waals surface area contributed by atoms with Crippen molar-refractivity contribution < 1.29 is 0 Å². The molecule has 0 aliphatic carbocycles. The summed E-state index contributed by atoms with van der Waals surface area (Å²) >= 11 is 0. The Kier molecular flexibility index (Phi) is 3.16. The number of aromatic nitrogens is 3. The number of rotatable bonds is 3. The molecule has 0 bridgehead atoms. The van der Waals surface area contributed by atoms with Gasteiger partial charge in [0.1, 0.15) is 6.33 Å². The molecule has 15 heavy (non-hydrogen) atoms. The molecule has 0 saturated carbocycles. The molecule has 0 aromatic carbocycles. The second kappa shape index (κ2) is 4.57. The van der Waals surface area contributed by atoms with Crippen LogP contribution >= 0.6 is 0 Å². The summed E-state index contributed by atoms with van der Waals surface area (Å²) in [6, 6.07) is 0. The smallest absolute Gasteiger partial charge is 0.150 e. The number of nitrogens with zero attached hydrogens (tertiary/aromatic N) is 3. The summed E-state index contributed by atoms with van der Waals surface area (Å²) in [6.07, 6.45) is 4.93. The topological polar surface area (TPSA) is 42.7 Å². The molecule has 1 N–H and O–H groups in total. The number of hydrogen-bond acceptors (Lipinski definition) is 3. The molecule has 1 aliphatic heterocycles. The Hall–Kier alpha value is -1.16. The Morgan fingerprint density at radius 3 is 3.13 bits per heavy atom. The fourth-order valence-electron chi connectivity index (χ4n) is 1.76. The molecule has 1 aromatic heterocycles. The maximum Gasteiger partial charge on any atom is 0.150 e. The summed E-state index contributed by atoms with van der Waals surface area (Å²) in [7, 11) is 0. The van der Waals surface area contributed by atoms with Gasteiger partial charge in [-0.25, -0.2) is 9.67 Å². The van der Waals surface area contributed by atoms with Crippen molar-refractivity contribution in [1.29, 1.82) is 0 Å². The van der Waals surface area contributed by atoms with Gasteiger partial charge in [-0.15, -0.1) is 0 Å². The summed E-state index contributed by atoms with van der Waals surface area (Å²) in [5.41, 5.74) is 1.42. The third kappa shape index (κ3) is 2.65. The van der Waals surface area contributed by atoms with Crippen LogP contribution in [-0.2, 0) is 6.54 Å². The first-order chi connectivity index (χ1) is 7.25. The monoisotopic (exact) mass is 206 g/mol. The molecule has 1 fully saturated rings. The van der Waals surface area contributed by atoms with Crippen LogP contribution in [0.25, 0.3) is 6.08 Å². The maximum atomic E-state index is 4.28. The first-order valence-electron chi connectivity index (χ1n) is 5.53. The van der Waals surface area contributed by atoms with Gasteiger partial charge in [-0.1, -0.05) is 19.4 Å². The molecular formula is C11H18N4. The SMILES string of the molecule is CC(C)Cn1ncnc1C=C1CCNC1. The largest absolute Gasteiger partial charge is 0.313 e. The molecular weight excluding hydrogens is 188 g/mol. The molecule has 1 saturated heterocycles. The van der Waals surface area contributed by atoms with E-state index < -0.39 is 0 Å². The average Bonchev–Trinajstić information content (AvgIpc) is 2.78. The van der Waals surface area contributed by atoms with Gasteiger partial charge in [-0.2, -0.15) is 5.10 Å². The molecule has 1 aromatic rings. The van der Waals surface area contributed by atoms with Crippen LogP contribution in [0.1, 0.15) is 26.1 Å². The third-order valence-corrected chi connectivity index (χ3v) is 2.49. The molecule has 2 rings (SSSR count). The van der Waals surface area contributed by atoms with Crippen LogP contribution in [0.3, 0.4) is 0 Å². The molecule has 2 heterocycles. The van der Waals surface area contributed by atoms with Crippen LogP contribution in [0.2, 0.25) is 0 Å². The lowest BCUT2D eigenvalue weighted by Gasteiger charge is -2.06. The van der Waals surface area contributed by atoms with Crippen molar-refractivity contribution in [3.63, 3.8) is 0 Å². The van der Waals surface area contributed by atoms with Gasteiger partial charge in [-0.05, 0) is 25.0 Å². The number of nitrogens with one attached hydrogen (secondary N) is 1. The normalized spacial score (nSPS) is 19.3. The summed E-state index contributed by atoms with van der Waals surface area (Å²) in [6.45, 7) is 7.40. The zero-order valence-corrected chi connectivity index (χ0v) is 9.40. The van der Waals surface area contributed by atoms with Crippen molar-refractivity contribution in [3.8, 4) is 0 Å².